The highest BCUT2D eigenvalue weighted by Crippen LogP contribution is 2.26. The molecular formula is C34H24N2O10. The number of anilines is 1. The molecule has 2 aliphatic rings. The Morgan fingerprint density at radius 3 is 1.50 bits per heavy atom. The number of hydrogen-bond donors (Lipinski definition) is 0. The summed E-state index contributed by atoms with van der Waals surface area (Å²) >= 11 is 0. The molecule has 0 N–H and O–H groups in total. The van der Waals surface area contributed by atoms with E-state index in [0.29, 0.717) is 24.6 Å². The highest BCUT2D eigenvalue weighted by molar-refractivity contribution is 6.15. The number of benzene rings is 4. The molecule has 0 saturated heterocycles. The first-order valence-electron chi connectivity index (χ1n) is 14.1. The van der Waals surface area contributed by atoms with Crippen molar-refractivity contribution in [1.82, 2.24) is 0 Å². The topological polar surface area (TPSA) is 152 Å². The lowest BCUT2D eigenvalue weighted by Crippen LogP contribution is -2.32. The smallest absolute Gasteiger partial charge is 0.347 e. The summed E-state index contributed by atoms with van der Waals surface area (Å²) in [5.74, 6) is -1.97. The number of esters is 4. The van der Waals surface area contributed by atoms with E-state index in [-0.39, 0.29) is 41.2 Å². The molecule has 2 aliphatic heterocycles. The second kappa shape index (κ2) is 12.7. The lowest BCUT2D eigenvalue weighted by Gasteiger charge is -2.25. The number of nitro benzene ring substituents is 1. The SMILES string of the molecule is O=C1OC(=O)c2cc(OCCN(CCOc3ccc4c(c3)C(=O)OC4=O)c3ccc(/C=C/c4ccc([N+](=O)[O-])cc4)cc3)ccc21. The van der Waals surface area contributed by atoms with Crippen LogP contribution in [0.1, 0.15) is 52.6 Å². The Hall–Kier alpha value is -6.30. The second-order valence-electron chi connectivity index (χ2n) is 10.2. The van der Waals surface area contributed by atoms with Crippen LogP contribution >= 0.6 is 0 Å². The van der Waals surface area contributed by atoms with Gasteiger partial charge in [-0.05, 0) is 71.8 Å². The number of cyclic esters (lactones) is 4. The Bertz CT molecular complexity index is 1810. The molecule has 0 amide bonds. The Labute approximate surface area is 261 Å². The van der Waals surface area contributed by atoms with Crippen LogP contribution in [0.15, 0.2) is 84.9 Å². The standard InChI is InChI=1S/C34H24N2O10/c37-31-27-13-11-25(19-29(27)33(39)45-31)43-17-15-35(16-18-44-26-12-14-28-30(20-26)34(40)46-32(28)38)23-7-3-21(4-8-23)1-2-22-5-9-24(10-6-22)36(41)42/h1-14,19-20H,15-18H2/b2-1+. The average Bonchev–Trinajstić information content (AvgIpc) is 3.51. The van der Waals surface area contributed by atoms with E-state index in [1.165, 1.54) is 36.4 Å². The fourth-order valence-electron chi connectivity index (χ4n) is 4.92. The first-order valence-corrected chi connectivity index (χ1v) is 14.1. The maximum absolute atomic E-state index is 11.9. The summed E-state index contributed by atoms with van der Waals surface area (Å²) in [4.78, 5) is 59.8. The predicted molar refractivity (Wildman–Crippen MR) is 164 cm³/mol. The van der Waals surface area contributed by atoms with Crippen molar-refractivity contribution in [3.63, 3.8) is 0 Å². The Kier molecular flexibility index (Phi) is 8.24. The number of ether oxygens (including phenoxy) is 4. The van der Waals surface area contributed by atoms with E-state index >= 15 is 0 Å². The van der Waals surface area contributed by atoms with Crippen LogP contribution in [0.3, 0.4) is 0 Å². The molecule has 2 heterocycles. The molecule has 0 radical (unpaired) electrons. The molecule has 0 aromatic heterocycles. The number of fused-ring (bicyclic) bond motifs is 2. The minimum absolute atomic E-state index is 0.0251. The molecule has 0 bridgehead atoms. The lowest BCUT2D eigenvalue weighted by molar-refractivity contribution is -0.384. The summed E-state index contributed by atoms with van der Waals surface area (Å²) in [7, 11) is 0. The van der Waals surface area contributed by atoms with Crippen LogP contribution in [0.2, 0.25) is 0 Å². The van der Waals surface area contributed by atoms with Gasteiger partial charge in [0.25, 0.3) is 5.69 Å². The van der Waals surface area contributed by atoms with Crippen LogP contribution in [0.25, 0.3) is 12.2 Å². The molecule has 12 heteroatoms. The zero-order chi connectivity index (χ0) is 32.2. The van der Waals surface area contributed by atoms with Crippen molar-refractivity contribution in [2.24, 2.45) is 0 Å². The average molecular weight is 621 g/mol. The van der Waals surface area contributed by atoms with Gasteiger partial charge in [-0.1, -0.05) is 24.3 Å². The normalized spacial score (nSPS) is 13.3. The van der Waals surface area contributed by atoms with Crippen LogP contribution in [0, 0.1) is 10.1 Å². The van der Waals surface area contributed by atoms with Gasteiger partial charge in [-0.25, -0.2) is 19.2 Å². The lowest BCUT2D eigenvalue weighted by atomic mass is 10.1. The van der Waals surface area contributed by atoms with Gasteiger partial charge in [-0.15, -0.1) is 0 Å². The third-order valence-electron chi connectivity index (χ3n) is 7.32. The molecular weight excluding hydrogens is 596 g/mol. The molecule has 4 aromatic rings. The summed E-state index contributed by atoms with van der Waals surface area (Å²) in [6, 6.07) is 23.1. The summed E-state index contributed by atoms with van der Waals surface area (Å²) in [5.41, 5.74) is 3.33. The number of rotatable bonds is 12. The monoisotopic (exact) mass is 620 g/mol. The molecule has 0 aliphatic carbocycles. The van der Waals surface area contributed by atoms with E-state index in [9.17, 15) is 29.3 Å². The van der Waals surface area contributed by atoms with Crippen LogP contribution < -0.4 is 14.4 Å². The van der Waals surface area contributed by atoms with Gasteiger partial charge < -0.3 is 23.8 Å². The Morgan fingerprint density at radius 2 is 1.04 bits per heavy atom. The predicted octanol–water partition coefficient (Wildman–Crippen LogP) is 5.35. The minimum Gasteiger partial charge on any atom is -0.492 e. The Balaban J connectivity index is 1.13. The van der Waals surface area contributed by atoms with Gasteiger partial charge in [-0.2, -0.15) is 0 Å². The molecule has 0 spiro atoms. The summed E-state index contributed by atoms with van der Waals surface area (Å²) in [6.07, 6.45) is 3.76. The van der Waals surface area contributed by atoms with Crippen molar-refractivity contribution in [3.05, 3.63) is 128 Å². The minimum atomic E-state index is -0.712. The molecule has 0 atom stereocenters. The third kappa shape index (κ3) is 6.45. The number of hydrogen-bond acceptors (Lipinski definition) is 11. The molecule has 12 nitrogen and oxygen atoms in total. The van der Waals surface area contributed by atoms with Gasteiger partial charge in [-0.3, -0.25) is 10.1 Å². The molecule has 4 aromatic carbocycles. The molecule has 46 heavy (non-hydrogen) atoms. The van der Waals surface area contributed by atoms with Crippen LogP contribution in [-0.2, 0) is 9.47 Å². The van der Waals surface area contributed by atoms with Crippen molar-refractivity contribution in [3.8, 4) is 11.5 Å². The molecule has 6 rings (SSSR count). The molecule has 230 valence electrons. The largest absolute Gasteiger partial charge is 0.492 e. The second-order valence-corrected chi connectivity index (χ2v) is 10.2. The van der Waals surface area contributed by atoms with Gasteiger partial charge in [0.05, 0.1) is 40.3 Å². The van der Waals surface area contributed by atoms with Gasteiger partial charge in [0.1, 0.15) is 24.7 Å². The maximum atomic E-state index is 11.9. The number of nitrogens with zero attached hydrogens (tertiary/aromatic N) is 2. The van der Waals surface area contributed by atoms with Crippen LogP contribution in [-0.4, -0.2) is 55.1 Å². The van der Waals surface area contributed by atoms with Crippen LogP contribution in [0.5, 0.6) is 11.5 Å². The number of nitro groups is 1. The fraction of sp³-hybridized carbons (Fsp3) is 0.118. The first-order chi connectivity index (χ1) is 22.2. The number of non-ortho nitro benzene ring substituents is 1. The highest BCUT2D eigenvalue weighted by Gasteiger charge is 2.31. The number of carbonyl (C=O) groups is 4. The van der Waals surface area contributed by atoms with E-state index in [1.807, 2.05) is 41.3 Å². The van der Waals surface area contributed by atoms with Crippen molar-refractivity contribution < 1.29 is 43.0 Å². The molecule has 0 unspecified atom stereocenters. The van der Waals surface area contributed by atoms with Gasteiger partial charge in [0.2, 0.25) is 0 Å². The highest BCUT2D eigenvalue weighted by atomic mass is 16.6. The fourth-order valence-corrected chi connectivity index (χ4v) is 4.92. The first kappa shape index (κ1) is 29.8. The molecule has 0 fully saturated rings. The van der Waals surface area contributed by atoms with E-state index in [4.69, 9.17) is 9.47 Å². The number of carbonyl (C=O) groups excluding carboxylic acids is 4. The van der Waals surface area contributed by atoms with Gasteiger partial charge in [0.15, 0.2) is 0 Å². The molecule has 0 saturated carbocycles. The zero-order valence-electron chi connectivity index (χ0n) is 24.0. The van der Waals surface area contributed by atoms with Crippen molar-refractivity contribution in [2.75, 3.05) is 31.2 Å². The van der Waals surface area contributed by atoms with Crippen molar-refractivity contribution >= 4 is 47.4 Å². The van der Waals surface area contributed by atoms with Crippen LogP contribution in [0.4, 0.5) is 11.4 Å². The van der Waals surface area contributed by atoms with Crippen molar-refractivity contribution in [1.29, 1.82) is 0 Å². The van der Waals surface area contributed by atoms with E-state index in [1.54, 1.807) is 24.3 Å². The van der Waals surface area contributed by atoms with Gasteiger partial charge in [0, 0.05) is 17.8 Å². The summed E-state index contributed by atoms with van der Waals surface area (Å²) in [5, 5.41) is 10.9. The maximum Gasteiger partial charge on any atom is 0.347 e. The van der Waals surface area contributed by atoms with Crippen molar-refractivity contribution in [2.45, 2.75) is 0 Å². The summed E-state index contributed by atoms with van der Waals surface area (Å²) in [6.45, 7) is 1.31. The van der Waals surface area contributed by atoms with E-state index in [2.05, 4.69) is 9.47 Å². The Morgan fingerprint density at radius 1 is 0.609 bits per heavy atom. The van der Waals surface area contributed by atoms with Gasteiger partial charge >= 0.3 is 23.9 Å². The van der Waals surface area contributed by atoms with E-state index in [0.717, 1.165) is 16.8 Å². The van der Waals surface area contributed by atoms with E-state index < -0.39 is 28.8 Å². The quantitative estimate of drug-likeness (QED) is 0.0662. The third-order valence-corrected chi connectivity index (χ3v) is 7.32. The summed E-state index contributed by atoms with van der Waals surface area (Å²) < 4.78 is 21.1. The zero-order valence-corrected chi connectivity index (χ0v) is 24.0.